The SMILES string of the molecule is Cc1ccnc(-c2ccc(Br)cn2)n1. The average molecular weight is 250 g/mol. The van der Waals surface area contributed by atoms with E-state index in [0.29, 0.717) is 5.82 Å². The zero-order chi connectivity index (χ0) is 9.97. The van der Waals surface area contributed by atoms with Crippen LogP contribution in [0, 0.1) is 6.92 Å². The summed E-state index contributed by atoms with van der Waals surface area (Å²) in [6, 6.07) is 5.68. The molecule has 0 N–H and O–H groups in total. The van der Waals surface area contributed by atoms with Crippen molar-refractivity contribution in [2.45, 2.75) is 6.92 Å². The molecule has 2 rings (SSSR count). The van der Waals surface area contributed by atoms with Gasteiger partial charge in [0, 0.05) is 22.6 Å². The van der Waals surface area contributed by atoms with Crippen molar-refractivity contribution in [2.75, 3.05) is 0 Å². The summed E-state index contributed by atoms with van der Waals surface area (Å²) in [6.07, 6.45) is 3.47. The van der Waals surface area contributed by atoms with Gasteiger partial charge < -0.3 is 0 Å². The Balaban J connectivity index is 2.44. The van der Waals surface area contributed by atoms with Gasteiger partial charge in [-0.2, -0.15) is 0 Å². The molecule has 0 spiro atoms. The summed E-state index contributed by atoms with van der Waals surface area (Å²) >= 11 is 3.33. The monoisotopic (exact) mass is 249 g/mol. The summed E-state index contributed by atoms with van der Waals surface area (Å²) in [5, 5.41) is 0. The molecule has 0 amide bonds. The molecule has 0 unspecified atom stereocenters. The van der Waals surface area contributed by atoms with E-state index in [1.54, 1.807) is 12.4 Å². The number of rotatable bonds is 1. The van der Waals surface area contributed by atoms with E-state index >= 15 is 0 Å². The molecule has 0 atom stereocenters. The number of halogens is 1. The van der Waals surface area contributed by atoms with Gasteiger partial charge in [0.2, 0.25) is 0 Å². The fourth-order valence-electron chi connectivity index (χ4n) is 1.08. The molecular weight excluding hydrogens is 242 g/mol. The van der Waals surface area contributed by atoms with Crippen molar-refractivity contribution in [2.24, 2.45) is 0 Å². The zero-order valence-electron chi connectivity index (χ0n) is 7.61. The maximum Gasteiger partial charge on any atom is 0.178 e. The van der Waals surface area contributed by atoms with Crippen LogP contribution in [0.15, 0.2) is 35.1 Å². The van der Waals surface area contributed by atoms with Crippen molar-refractivity contribution in [1.29, 1.82) is 0 Å². The lowest BCUT2D eigenvalue weighted by atomic mass is 10.3. The Bertz CT molecular complexity index is 439. The van der Waals surface area contributed by atoms with Crippen molar-refractivity contribution in [3.63, 3.8) is 0 Å². The highest BCUT2D eigenvalue weighted by Crippen LogP contribution is 2.14. The van der Waals surface area contributed by atoms with Gasteiger partial charge in [0.25, 0.3) is 0 Å². The quantitative estimate of drug-likeness (QED) is 0.780. The van der Waals surface area contributed by atoms with E-state index in [1.807, 2.05) is 25.1 Å². The number of hydrogen-bond donors (Lipinski definition) is 0. The highest BCUT2D eigenvalue weighted by molar-refractivity contribution is 9.10. The molecule has 0 aliphatic carbocycles. The van der Waals surface area contributed by atoms with Crippen LogP contribution in [-0.4, -0.2) is 15.0 Å². The first-order chi connectivity index (χ1) is 6.75. The fourth-order valence-corrected chi connectivity index (χ4v) is 1.31. The van der Waals surface area contributed by atoms with E-state index in [1.165, 1.54) is 0 Å². The van der Waals surface area contributed by atoms with Gasteiger partial charge in [-0.05, 0) is 41.1 Å². The van der Waals surface area contributed by atoms with Crippen LogP contribution in [0.4, 0.5) is 0 Å². The lowest BCUT2D eigenvalue weighted by Gasteiger charge is -1.99. The van der Waals surface area contributed by atoms with E-state index in [2.05, 4.69) is 30.9 Å². The summed E-state index contributed by atoms with van der Waals surface area (Å²) in [5.41, 5.74) is 1.73. The molecular formula is C10H8BrN3. The second-order valence-corrected chi connectivity index (χ2v) is 3.80. The van der Waals surface area contributed by atoms with Crippen molar-refractivity contribution in [3.05, 3.63) is 40.8 Å². The van der Waals surface area contributed by atoms with Crippen LogP contribution in [0.2, 0.25) is 0 Å². The highest BCUT2D eigenvalue weighted by Gasteiger charge is 2.01. The van der Waals surface area contributed by atoms with Gasteiger partial charge in [0.1, 0.15) is 5.69 Å². The van der Waals surface area contributed by atoms with Crippen LogP contribution in [-0.2, 0) is 0 Å². The van der Waals surface area contributed by atoms with Crippen LogP contribution in [0.25, 0.3) is 11.5 Å². The molecule has 0 saturated carbocycles. The molecule has 0 fully saturated rings. The first kappa shape index (κ1) is 9.27. The summed E-state index contributed by atoms with van der Waals surface area (Å²) in [6.45, 7) is 1.93. The van der Waals surface area contributed by atoms with Crippen LogP contribution in [0.5, 0.6) is 0 Å². The first-order valence-corrected chi connectivity index (χ1v) is 4.96. The minimum absolute atomic E-state index is 0.664. The number of aromatic nitrogens is 3. The normalized spacial score (nSPS) is 10.1. The largest absolute Gasteiger partial charge is 0.252 e. The molecule has 2 aromatic heterocycles. The van der Waals surface area contributed by atoms with E-state index in [4.69, 9.17) is 0 Å². The molecule has 0 aliphatic heterocycles. The van der Waals surface area contributed by atoms with Crippen molar-refractivity contribution >= 4 is 15.9 Å². The zero-order valence-corrected chi connectivity index (χ0v) is 9.19. The topological polar surface area (TPSA) is 38.7 Å². The lowest BCUT2D eigenvalue weighted by molar-refractivity contribution is 1.09. The van der Waals surface area contributed by atoms with Gasteiger partial charge in [-0.15, -0.1) is 0 Å². The number of aryl methyl sites for hydroxylation is 1. The van der Waals surface area contributed by atoms with Gasteiger partial charge in [-0.3, -0.25) is 4.98 Å². The van der Waals surface area contributed by atoms with Gasteiger partial charge >= 0.3 is 0 Å². The molecule has 70 valence electrons. The van der Waals surface area contributed by atoms with Crippen molar-refractivity contribution in [3.8, 4) is 11.5 Å². The van der Waals surface area contributed by atoms with Crippen LogP contribution >= 0.6 is 15.9 Å². The molecule has 0 bridgehead atoms. The van der Waals surface area contributed by atoms with Crippen LogP contribution in [0.3, 0.4) is 0 Å². The highest BCUT2D eigenvalue weighted by atomic mass is 79.9. The summed E-state index contributed by atoms with van der Waals surface area (Å²) in [5.74, 6) is 0.664. The molecule has 3 nitrogen and oxygen atoms in total. The fraction of sp³-hybridized carbons (Fsp3) is 0.100. The molecule has 4 heteroatoms. The Labute approximate surface area is 90.4 Å². The summed E-state index contributed by atoms with van der Waals surface area (Å²) in [7, 11) is 0. The number of hydrogen-bond acceptors (Lipinski definition) is 3. The van der Waals surface area contributed by atoms with Gasteiger partial charge in [0.05, 0.1) is 0 Å². The Morgan fingerprint density at radius 1 is 1.14 bits per heavy atom. The maximum atomic E-state index is 4.28. The van der Waals surface area contributed by atoms with Crippen LogP contribution in [0.1, 0.15) is 5.69 Å². The molecule has 2 heterocycles. The maximum absolute atomic E-state index is 4.28. The van der Waals surface area contributed by atoms with Crippen molar-refractivity contribution < 1.29 is 0 Å². The van der Waals surface area contributed by atoms with E-state index in [9.17, 15) is 0 Å². The molecule has 0 saturated heterocycles. The Morgan fingerprint density at radius 2 is 2.00 bits per heavy atom. The average Bonchev–Trinajstić information content (AvgIpc) is 2.19. The number of nitrogens with zero attached hydrogens (tertiary/aromatic N) is 3. The third kappa shape index (κ3) is 1.96. The first-order valence-electron chi connectivity index (χ1n) is 4.17. The molecule has 14 heavy (non-hydrogen) atoms. The standard InChI is InChI=1S/C10H8BrN3/c1-7-4-5-12-10(14-7)9-3-2-8(11)6-13-9/h2-6H,1H3. The molecule has 2 aromatic rings. The second-order valence-electron chi connectivity index (χ2n) is 2.88. The van der Waals surface area contributed by atoms with E-state index in [-0.39, 0.29) is 0 Å². The molecule has 0 radical (unpaired) electrons. The van der Waals surface area contributed by atoms with E-state index in [0.717, 1.165) is 15.9 Å². The smallest absolute Gasteiger partial charge is 0.178 e. The van der Waals surface area contributed by atoms with Gasteiger partial charge in [0.15, 0.2) is 5.82 Å². The van der Waals surface area contributed by atoms with Crippen LogP contribution < -0.4 is 0 Å². The Kier molecular flexibility index (Phi) is 2.54. The predicted octanol–water partition coefficient (Wildman–Crippen LogP) is 2.61. The minimum Gasteiger partial charge on any atom is -0.252 e. The third-order valence-corrected chi connectivity index (χ3v) is 2.22. The second kappa shape index (κ2) is 3.84. The van der Waals surface area contributed by atoms with E-state index < -0.39 is 0 Å². The van der Waals surface area contributed by atoms with Gasteiger partial charge in [-0.1, -0.05) is 0 Å². The van der Waals surface area contributed by atoms with Crippen molar-refractivity contribution in [1.82, 2.24) is 15.0 Å². The Morgan fingerprint density at radius 3 is 2.64 bits per heavy atom. The Hall–Kier alpha value is -1.29. The predicted molar refractivity (Wildman–Crippen MR) is 57.7 cm³/mol. The summed E-state index contributed by atoms with van der Waals surface area (Å²) in [4.78, 5) is 12.7. The minimum atomic E-state index is 0.664. The van der Waals surface area contributed by atoms with Gasteiger partial charge in [-0.25, -0.2) is 9.97 Å². The molecule has 0 aliphatic rings. The number of pyridine rings is 1. The summed E-state index contributed by atoms with van der Waals surface area (Å²) < 4.78 is 0.953. The molecule has 0 aromatic carbocycles. The third-order valence-electron chi connectivity index (χ3n) is 1.75. The lowest BCUT2D eigenvalue weighted by Crippen LogP contribution is -1.92.